The Morgan fingerprint density at radius 3 is 2.31 bits per heavy atom. The summed E-state index contributed by atoms with van der Waals surface area (Å²) in [4.78, 5) is 27.4. The van der Waals surface area contributed by atoms with Gasteiger partial charge in [0.25, 0.3) is 0 Å². The van der Waals surface area contributed by atoms with Crippen molar-refractivity contribution in [3.63, 3.8) is 0 Å². The first-order valence-corrected chi connectivity index (χ1v) is 10.6. The molecule has 2 aromatic carbocycles. The van der Waals surface area contributed by atoms with Gasteiger partial charge in [0, 0.05) is 12.6 Å². The van der Waals surface area contributed by atoms with E-state index in [0.717, 1.165) is 17.5 Å². The van der Waals surface area contributed by atoms with Gasteiger partial charge in [-0.15, -0.1) is 0 Å². The summed E-state index contributed by atoms with van der Waals surface area (Å²) in [5.74, 6) is -0.263. The molecule has 2 amide bonds. The van der Waals surface area contributed by atoms with Gasteiger partial charge < -0.3 is 10.2 Å². The van der Waals surface area contributed by atoms with E-state index in [0.29, 0.717) is 23.0 Å². The Hall–Kier alpha value is -2.04. The van der Waals surface area contributed by atoms with Gasteiger partial charge in [0.2, 0.25) is 11.8 Å². The van der Waals surface area contributed by atoms with Crippen LogP contribution in [0.3, 0.4) is 0 Å². The van der Waals surface area contributed by atoms with E-state index >= 15 is 0 Å². The molecule has 2 aromatic rings. The quantitative estimate of drug-likeness (QED) is 0.609. The van der Waals surface area contributed by atoms with E-state index in [-0.39, 0.29) is 24.3 Å². The van der Waals surface area contributed by atoms with Crippen LogP contribution in [0.2, 0.25) is 10.0 Å². The standard InChI is InChI=1S/C23H28Cl2N2O2/c1-4-16(2)26-23(29)17(3)27(13-12-18-8-6-5-7-9-18)22(28)15-19-10-11-20(24)21(25)14-19/h5-11,14,16-17H,4,12-13,15H2,1-3H3,(H,26,29)/t16-,17+/m1/s1. The number of nitrogens with zero attached hydrogens (tertiary/aromatic N) is 1. The van der Waals surface area contributed by atoms with Crippen LogP contribution in [0, 0.1) is 0 Å². The van der Waals surface area contributed by atoms with Gasteiger partial charge in [-0.1, -0.05) is 66.5 Å². The molecule has 0 unspecified atom stereocenters. The lowest BCUT2D eigenvalue weighted by molar-refractivity contribution is -0.139. The van der Waals surface area contributed by atoms with Gasteiger partial charge in [-0.2, -0.15) is 0 Å². The summed E-state index contributed by atoms with van der Waals surface area (Å²) in [7, 11) is 0. The zero-order chi connectivity index (χ0) is 21.4. The molecule has 29 heavy (non-hydrogen) atoms. The van der Waals surface area contributed by atoms with Crippen LogP contribution in [0.25, 0.3) is 0 Å². The predicted molar refractivity (Wildman–Crippen MR) is 119 cm³/mol. The second-order valence-corrected chi connectivity index (χ2v) is 8.06. The number of carbonyl (C=O) groups excluding carboxylic acids is 2. The fraction of sp³-hybridized carbons (Fsp3) is 0.391. The third-order valence-electron chi connectivity index (χ3n) is 4.99. The summed E-state index contributed by atoms with van der Waals surface area (Å²) in [5, 5.41) is 3.83. The second kappa shape index (κ2) is 11.2. The number of carbonyl (C=O) groups is 2. The first kappa shape index (κ1) is 23.2. The monoisotopic (exact) mass is 434 g/mol. The molecule has 0 fully saturated rings. The van der Waals surface area contributed by atoms with Crippen molar-refractivity contribution < 1.29 is 9.59 Å². The summed E-state index contributed by atoms with van der Waals surface area (Å²) in [6.45, 7) is 6.20. The minimum atomic E-state index is -0.567. The number of hydrogen-bond acceptors (Lipinski definition) is 2. The fourth-order valence-electron chi connectivity index (χ4n) is 2.96. The topological polar surface area (TPSA) is 49.4 Å². The molecule has 0 bridgehead atoms. The van der Waals surface area contributed by atoms with Crippen molar-refractivity contribution >= 4 is 35.0 Å². The van der Waals surface area contributed by atoms with Crippen molar-refractivity contribution in [3.8, 4) is 0 Å². The predicted octanol–water partition coefficient (Wildman–Crippen LogP) is 4.91. The third kappa shape index (κ3) is 7.06. The first-order chi connectivity index (χ1) is 13.8. The van der Waals surface area contributed by atoms with E-state index in [2.05, 4.69) is 5.32 Å². The molecule has 0 heterocycles. The molecule has 2 rings (SSSR count). The van der Waals surface area contributed by atoms with Crippen LogP contribution < -0.4 is 5.32 Å². The number of amides is 2. The van der Waals surface area contributed by atoms with Crippen LogP contribution in [0.4, 0.5) is 0 Å². The van der Waals surface area contributed by atoms with Crippen LogP contribution in [0.15, 0.2) is 48.5 Å². The van der Waals surface area contributed by atoms with E-state index in [1.807, 2.05) is 44.2 Å². The van der Waals surface area contributed by atoms with Crippen LogP contribution in [0.5, 0.6) is 0 Å². The number of nitrogens with one attached hydrogen (secondary N) is 1. The smallest absolute Gasteiger partial charge is 0.242 e. The van der Waals surface area contributed by atoms with Gasteiger partial charge in [0.1, 0.15) is 6.04 Å². The largest absolute Gasteiger partial charge is 0.352 e. The number of hydrogen-bond donors (Lipinski definition) is 1. The summed E-state index contributed by atoms with van der Waals surface area (Å²) in [5.41, 5.74) is 1.89. The second-order valence-electron chi connectivity index (χ2n) is 7.24. The van der Waals surface area contributed by atoms with Gasteiger partial charge in [0.15, 0.2) is 0 Å². The van der Waals surface area contributed by atoms with Crippen molar-refractivity contribution in [2.75, 3.05) is 6.54 Å². The highest BCUT2D eigenvalue weighted by Crippen LogP contribution is 2.23. The number of halogens is 2. The van der Waals surface area contributed by atoms with Crippen molar-refractivity contribution in [1.29, 1.82) is 0 Å². The Labute approximate surface area is 183 Å². The lowest BCUT2D eigenvalue weighted by Crippen LogP contribution is -2.50. The Morgan fingerprint density at radius 1 is 1.00 bits per heavy atom. The SMILES string of the molecule is CC[C@@H](C)NC(=O)[C@H](C)N(CCc1ccccc1)C(=O)Cc1ccc(Cl)c(Cl)c1. The highest BCUT2D eigenvalue weighted by Gasteiger charge is 2.26. The van der Waals surface area contributed by atoms with Gasteiger partial charge in [-0.05, 0) is 49.9 Å². The molecule has 0 aliphatic rings. The summed E-state index contributed by atoms with van der Waals surface area (Å²) in [6.07, 6.45) is 1.67. The molecule has 0 saturated carbocycles. The minimum absolute atomic E-state index is 0.0612. The summed E-state index contributed by atoms with van der Waals surface area (Å²) in [6, 6.07) is 14.6. The van der Waals surface area contributed by atoms with Crippen LogP contribution in [-0.4, -0.2) is 35.3 Å². The molecule has 0 aromatic heterocycles. The molecule has 6 heteroatoms. The Kier molecular flexibility index (Phi) is 8.99. The molecule has 0 aliphatic heterocycles. The van der Waals surface area contributed by atoms with Gasteiger partial charge >= 0.3 is 0 Å². The van der Waals surface area contributed by atoms with Crippen molar-refractivity contribution in [3.05, 3.63) is 69.7 Å². The average molecular weight is 435 g/mol. The van der Waals surface area contributed by atoms with Gasteiger partial charge in [0.05, 0.1) is 16.5 Å². The molecule has 0 spiro atoms. The highest BCUT2D eigenvalue weighted by atomic mass is 35.5. The molecule has 2 atom stereocenters. The molecule has 4 nitrogen and oxygen atoms in total. The Morgan fingerprint density at radius 2 is 1.69 bits per heavy atom. The normalized spacial score (nSPS) is 12.9. The molecule has 0 radical (unpaired) electrons. The lowest BCUT2D eigenvalue weighted by Gasteiger charge is -2.29. The maximum Gasteiger partial charge on any atom is 0.242 e. The van der Waals surface area contributed by atoms with Crippen LogP contribution in [-0.2, 0) is 22.4 Å². The fourth-order valence-corrected chi connectivity index (χ4v) is 3.28. The third-order valence-corrected chi connectivity index (χ3v) is 5.73. The Balaban J connectivity index is 2.16. The van der Waals surface area contributed by atoms with E-state index in [9.17, 15) is 9.59 Å². The van der Waals surface area contributed by atoms with Gasteiger partial charge in [-0.3, -0.25) is 9.59 Å². The van der Waals surface area contributed by atoms with Crippen LogP contribution >= 0.6 is 23.2 Å². The molecule has 156 valence electrons. The summed E-state index contributed by atoms with van der Waals surface area (Å²) >= 11 is 12.1. The zero-order valence-corrected chi connectivity index (χ0v) is 18.6. The maximum absolute atomic E-state index is 13.1. The maximum atomic E-state index is 13.1. The van der Waals surface area contributed by atoms with E-state index in [1.54, 1.807) is 30.0 Å². The molecule has 0 aliphatic carbocycles. The molecular weight excluding hydrogens is 407 g/mol. The average Bonchev–Trinajstić information content (AvgIpc) is 2.71. The number of rotatable bonds is 9. The molecular formula is C23H28Cl2N2O2. The van der Waals surface area contributed by atoms with E-state index < -0.39 is 6.04 Å². The zero-order valence-electron chi connectivity index (χ0n) is 17.1. The lowest BCUT2D eigenvalue weighted by atomic mass is 10.1. The highest BCUT2D eigenvalue weighted by molar-refractivity contribution is 6.42. The first-order valence-electron chi connectivity index (χ1n) is 9.89. The van der Waals surface area contributed by atoms with Crippen molar-refractivity contribution in [2.45, 2.75) is 52.1 Å². The number of benzene rings is 2. The van der Waals surface area contributed by atoms with Crippen molar-refractivity contribution in [1.82, 2.24) is 10.2 Å². The Bertz CT molecular complexity index is 827. The van der Waals surface area contributed by atoms with Crippen molar-refractivity contribution in [2.24, 2.45) is 0 Å². The molecule has 1 N–H and O–H groups in total. The minimum Gasteiger partial charge on any atom is -0.352 e. The van der Waals surface area contributed by atoms with Crippen LogP contribution in [0.1, 0.15) is 38.3 Å². The molecule has 0 saturated heterocycles. The summed E-state index contributed by atoms with van der Waals surface area (Å²) < 4.78 is 0. The van der Waals surface area contributed by atoms with E-state index in [1.165, 1.54) is 0 Å². The van der Waals surface area contributed by atoms with E-state index in [4.69, 9.17) is 23.2 Å². The van der Waals surface area contributed by atoms with Gasteiger partial charge in [-0.25, -0.2) is 0 Å².